The molecule has 0 aliphatic carbocycles. The van der Waals surface area contributed by atoms with Crippen molar-refractivity contribution in [1.82, 2.24) is 0 Å². The molecule has 3 heteroatoms. The van der Waals surface area contributed by atoms with E-state index in [1.165, 1.54) is 29.8 Å². The van der Waals surface area contributed by atoms with E-state index in [1.54, 1.807) is 0 Å². The fraction of sp³-hybridized carbons (Fsp3) is 0.222. The maximum Gasteiger partial charge on any atom is 0.176 e. The molecule has 1 aliphatic heterocycles. The minimum atomic E-state index is -1.45. The number of piperidine rings is 1. The highest BCUT2D eigenvalue weighted by Gasteiger charge is 2.29. The van der Waals surface area contributed by atoms with Gasteiger partial charge in [0.15, 0.2) is 5.60 Å². The second kappa shape index (κ2) is 8.92. The number of benzene rings is 3. The summed E-state index contributed by atoms with van der Waals surface area (Å²) in [5.41, 5.74) is 1.16. The maximum absolute atomic E-state index is 11.3. The van der Waals surface area contributed by atoms with Crippen molar-refractivity contribution in [2.24, 2.45) is 0 Å². The average Bonchev–Trinajstić information content (AvgIpc) is 2.84. The van der Waals surface area contributed by atoms with Crippen LogP contribution in [0.25, 0.3) is 0 Å². The predicted molar refractivity (Wildman–Crippen MR) is 128 cm³/mol. The summed E-state index contributed by atoms with van der Waals surface area (Å²) in [6, 6.07) is 26.2. The van der Waals surface area contributed by atoms with E-state index in [-0.39, 0.29) is 10.5 Å². The molecular formula is C27H27NOS. The molecule has 0 aromatic heterocycles. The third kappa shape index (κ3) is 4.07. The summed E-state index contributed by atoms with van der Waals surface area (Å²) in [5.74, 6) is 6.94. The van der Waals surface area contributed by atoms with Crippen molar-refractivity contribution in [3.05, 3.63) is 90.0 Å². The van der Waals surface area contributed by atoms with E-state index < -0.39 is 5.60 Å². The Labute approximate surface area is 182 Å². The lowest BCUT2D eigenvalue weighted by atomic mass is 9.87. The minimum absolute atomic E-state index is 0.273. The molecule has 1 heterocycles. The van der Waals surface area contributed by atoms with Crippen molar-refractivity contribution in [2.45, 2.75) is 34.7 Å². The van der Waals surface area contributed by atoms with Crippen LogP contribution in [0, 0.1) is 12.3 Å². The van der Waals surface area contributed by atoms with Crippen LogP contribution in [0.4, 0.5) is 5.69 Å². The van der Waals surface area contributed by atoms with Gasteiger partial charge in [0.2, 0.25) is 0 Å². The summed E-state index contributed by atoms with van der Waals surface area (Å²) in [5, 5.41) is 11.3. The van der Waals surface area contributed by atoms with E-state index in [4.69, 9.17) is 6.42 Å². The Kier molecular flexibility index (Phi) is 6.08. The first-order valence-corrected chi connectivity index (χ1v) is 11.8. The van der Waals surface area contributed by atoms with Gasteiger partial charge in [-0.2, -0.15) is 0 Å². The number of terminal acetylenes is 1. The molecule has 1 aliphatic rings. The molecule has 30 heavy (non-hydrogen) atoms. The summed E-state index contributed by atoms with van der Waals surface area (Å²) in [7, 11) is -0.273. The van der Waals surface area contributed by atoms with Crippen molar-refractivity contribution in [3.8, 4) is 12.3 Å². The monoisotopic (exact) mass is 413 g/mol. The number of hydrogen-bond acceptors (Lipinski definition) is 2. The Morgan fingerprint density at radius 1 is 0.800 bits per heavy atom. The van der Waals surface area contributed by atoms with Crippen LogP contribution in [0.3, 0.4) is 0 Å². The first kappa shape index (κ1) is 20.5. The van der Waals surface area contributed by atoms with E-state index in [2.05, 4.69) is 41.0 Å². The molecule has 0 radical (unpaired) electrons. The molecule has 0 bridgehead atoms. The fourth-order valence-electron chi connectivity index (χ4n) is 3.98. The summed E-state index contributed by atoms with van der Waals surface area (Å²) in [6.45, 7) is 2.18. The minimum Gasteiger partial charge on any atom is -0.372 e. The van der Waals surface area contributed by atoms with Crippen molar-refractivity contribution in [1.29, 1.82) is 0 Å². The Morgan fingerprint density at radius 3 is 1.90 bits per heavy atom. The number of hydrogen-bond donors (Lipinski definition) is 1. The molecule has 2 nitrogen and oxygen atoms in total. The van der Waals surface area contributed by atoms with Gasteiger partial charge in [0.05, 0.1) is 0 Å². The van der Waals surface area contributed by atoms with Crippen molar-refractivity contribution in [2.75, 3.05) is 18.0 Å². The summed E-state index contributed by atoms with van der Waals surface area (Å²) < 4.78 is 0. The molecule has 2 atom stereocenters. The lowest BCUT2D eigenvalue weighted by Gasteiger charge is -2.30. The highest BCUT2D eigenvalue weighted by atomic mass is 32.2. The Balaban J connectivity index is 1.58. The molecule has 2 unspecified atom stereocenters. The van der Waals surface area contributed by atoms with Crippen molar-refractivity contribution in [3.63, 3.8) is 0 Å². The third-order valence-electron chi connectivity index (χ3n) is 5.80. The summed E-state index contributed by atoms with van der Waals surface area (Å²) in [4.78, 5) is 4.70. The molecule has 0 amide bonds. The molecule has 1 fully saturated rings. The van der Waals surface area contributed by atoms with Gasteiger partial charge in [-0.25, -0.2) is 0 Å². The fourth-order valence-corrected chi connectivity index (χ4v) is 5.20. The smallest absolute Gasteiger partial charge is 0.176 e. The highest BCUT2D eigenvalue weighted by molar-refractivity contribution is 8.14. The van der Waals surface area contributed by atoms with Crippen LogP contribution in [0.15, 0.2) is 88.7 Å². The lowest BCUT2D eigenvalue weighted by molar-refractivity contribution is 0.145. The molecule has 3 aromatic rings. The number of rotatable bonds is 5. The Bertz CT molecular complexity index is 1040. The van der Waals surface area contributed by atoms with Crippen LogP contribution in [0.5, 0.6) is 0 Å². The SMILES string of the molecule is C#CC(O)(c1ccc(N2CCCCC2)cc1)c1ccc(S(=C)c2ccccc2)cc1. The van der Waals surface area contributed by atoms with Gasteiger partial charge in [-0.3, -0.25) is 0 Å². The second-order valence-electron chi connectivity index (χ2n) is 7.68. The quantitative estimate of drug-likeness (QED) is 0.431. The Hall–Kier alpha value is -2.80. The number of aliphatic hydroxyl groups is 1. The molecule has 152 valence electrons. The Morgan fingerprint density at radius 2 is 1.33 bits per heavy atom. The van der Waals surface area contributed by atoms with Gasteiger partial charge in [0.1, 0.15) is 0 Å². The first-order chi connectivity index (χ1) is 14.6. The molecule has 4 rings (SSSR count). The van der Waals surface area contributed by atoms with Crippen LogP contribution in [0.1, 0.15) is 30.4 Å². The summed E-state index contributed by atoms with van der Waals surface area (Å²) in [6.07, 6.45) is 9.60. The van der Waals surface area contributed by atoms with Crippen LogP contribution in [-0.2, 0) is 5.60 Å². The van der Waals surface area contributed by atoms with Gasteiger partial charge in [-0.1, -0.05) is 54.3 Å². The number of nitrogens with zero attached hydrogens (tertiary/aromatic N) is 1. The lowest BCUT2D eigenvalue weighted by Crippen LogP contribution is -2.29. The van der Waals surface area contributed by atoms with Gasteiger partial charge in [0.25, 0.3) is 0 Å². The molecule has 1 N–H and O–H groups in total. The van der Waals surface area contributed by atoms with Gasteiger partial charge in [-0.05, 0) is 55.7 Å². The van der Waals surface area contributed by atoms with E-state index >= 15 is 0 Å². The van der Waals surface area contributed by atoms with Gasteiger partial charge in [-0.15, -0.1) is 16.9 Å². The predicted octanol–water partition coefficient (Wildman–Crippen LogP) is 5.66. The first-order valence-electron chi connectivity index (χ1n) is 10.4. The molecule has 0 saturated carbocycles. The summed E-state index contributed by atoms with van der Waals surface area (Å²) >= 11 is 0. The van der Waals surface area contributed by atoms with Crippen molar-refractivity contribution >= 4 is 22.0 Å². The molecular weight excluding hydrogens is 386 g/mol. The second-order valence-corrected chi connectivity index (χ2v) is 9.40. The standard InChI is InChI=1S/C27H27NOS/c1-3-27(29,22-12-16-24(17-13-22)28-20-8-5-9-21-28)23-14-18-26(19-15-23)30(2)25-10-6-4-7-11-25/h1,4,6-7,10-19,29H,2,5,8-9,20-21H2. The van der Waals surface area contributed by atoms with E-state index in [9.17, 15) is 5.11 Å². The normalized spacial score (nSPS) is 17.0. The average molecular weight is 414 g/mol. The van der Waals surface area contributed by atoms with E-state index in [1.807, 2.05) is 54.6 Å². The van der Waals surface area contributed by atoms with E-state index in [0.717, 1.165) is 23.5 Å². The van der Waals surface area contributed by atoms with Crippen molar-refractivity contribution < 1.29 is 5.11 Å². The largest absolute Gasteiger partial charge is 0.372 e. The zero-order chi connectivity index (χ0) is 21.0. The maximum atomic E-state index is 11.3. The van der Waals surface area contributed by atoms with Crippen LogP contribution in [0.2, 0.25) is 0 Å². The van der Waals surface area contributed by atoms with E-state index in [0.29, 0.717) is 5.56 Å². The van der Waals surface area contributed by atoms with Gasteiger partial charge < -0.3 is 10.0 Å². The zero-order valence-corrected chi connectivity index (χ0v) is 17.9. The zero-order valence-electron chi connectivity index (χ0n) is 17.1. The topological polar surface area (TPSA) is 23.5 Å². The highest BCUT2D eigenvalue weighted by Crippen LogP contribution is 2.36. The molecule has 0 spiro atoms. The van der Waals surface area contributed by atoms with Crippen LogP contribution in [-0.4, -0.2) is 24.1 Å². The molecule has 3 aromatic carbocycles. The van der Waals surface area contributed by atoms with Crippen LogP contribution >= 0.6 is 10.5 Å². The van der Waals surface area contributed by atoms with Gasteiger partial charge in [0, 0.05) is 39.7 Å². The number of anilines is 1. The molecule has 1 saturated heterocycles. The van der Waals surface area contributed by atoms with Gasteiger partial charge >= 0.3 is 0 Å². The van der Waals surface area contributed by atoms with Crippen LogP contribution < -0.4 is 4.90 Å². The third-order valence-corrected chi connectivity index (χ3v) is 7.48.